The molecule has 3 heterocycles. The van der Waals surface area contributed by atoms with Crippen LogP contribution in [0.15, 0.2) is 29.6 Å². The van der Waals surface area contributed by atoms with Gasteiger partial charge in [0.05, 0.1) is 23.9 Å². The number of likely N-dealkylation sites (tertiary alicyclic amines) is 1. The monoisotopic (exact) mass is 526 g/mol. The van der Waals surface area contributed by atoms with Crippen molar-refractivity contribution in [3.05, 3.63) is 45.9 Å². The SMILES string of the molecule is CC(C)(C)OC(=O)N1CCC(c2nc(COc3ccc(CC4COS(O)(O)OC4)cc3)cs2)CC1. The topological polar surface area (TPSA) is 111 Å². The van der Waals surface area contributed by atoms with Gasteiger partial charge in [-0.3, -0.25) is 17.5 Å². The molecule has 1 aromatic carbocycles. The second-order valence-electron chi connectivity index (χ2n) is 9.94. The van der Waals surface area contributed by atoms with Gasteiger partial charge in [-0.25, -0.2) is 9.78 Å². The van der Waals surface area contributed by atoms with E-state index in [9.17, 15) is 13.9 Å². The number of nitrogens with zero attached hydrogens (tertiary/aromatic N) is 2. The highest BCUT2D eigenvalue weighted by atomic mass is 32.3. The molecule has 0 aliphatic carbocycles. The minimum absolute atomic E-state index is 0.0751. The van der Waals surface area contributed by atoms with Crippen molar-refractivity contribution in [1.29, 1.82) is 0 Å². The maximum absolute atomic E-state index is 12.3. The highest BCUT2D eigenvalue weighted by Crippen LogP contribution is 2.45. The Labute approximate surface area is 212 Å². The van der Waals surface area contributed by atoms with Crippen molar-refractivity contribution < 1.29 is 31.7 Å². The molecule has 0 radical (unpaired) electrons. The number of piperidine rings is 1. The van der Waals surface area contributed by atoms with Crippen LogP contribution < -0.4 is 4.74 Å². The molecule has 0 atom stereocenters. The molecular formula is C24H34N2O7S2. The van der Waals surface area contributed by atoms with Gasteiger partial charge in [-0.05, 0) is 57.7 Å². The average Bonchev–Trinajstić information content (AvgIpc) is 3.28. The second-order valence-corrected chi connectivity index (χ2v) is 12.2. The molecule has 2 aromatic rings. The molecule has 2 aliphatic rings. The van der Waals surface area contributed by atoms with Crippen molar-refractivity contribution in [1.82, 2.24) is 9.88 Å². The molecule has 194 valence electrons. The fraction of sp³-hybridized carbons (Fsp3) is 0.583. The summed E-state index contributed by atoms with van der Waals surface area (Å²) in [5.74, 6) is 1.19. The van der Waals surface area contributed by atoms with Crippen molar-refractivity contribution in [2.24, 2.45) is 5.92 Å². The molecule has 9 nitrogen and oxygen atoms in total. The summed E-state index contributed by atoms with van der Waals surface area (Å²) in [5.41, 5.74) is 1.52. The lowest BCUT2D eigenvalue weighted by Crippen LogP contribution is -2.41. The molecule has 0 saturated carbocycles. The maximum atomic E-state index is 12.3. The van der Waals surface area contributed by atoms with Gasteiger partial charge in [-0.15, -0.1) is 11.3 Å². The van der Waals surface area contributed by atoms with Gasteiger partial charge in [0.1, 0.15) is 18.0 Å². The third-order valence-corrected chi connectivity index (χ3v) is 7.76. The van der Waals surface area contributed by atoms with Crippen LogP contribution in [0.25, 0.3) is 0 Å². The van der Waals surface area contributed by atoms with Crippen molar-refractivity contribution in [2.45, 2.75) is 58.2 Å². The molecule has 0 bridgehead atoms. The van der Waals surface area contributed by atoms with E-state index >= 15 is 0 Å². The minimum Gasteiger partial charge on any atom is -0.487 e. The Kier molecular flexibility index (Phi) is 8.24. The number of rotatable bonds is 6. The Morgan fingerprint density at radius 3 is 2.46 bits per heavy atom. The zero-order chi connectivity index (χ0) is 25.1. The zero-order valence-corrected chi connectivity index (χ0v) is 22.0. The molecule has 0 spiro atoms. The lowest BCUT2D eigenvalue weighted by molar-refractivity contribution is 0.0204. The highest BCUT2D eigenvalue weighted by molar-refractivity contribution is 8.16. The molecule has 2 saturated heterocycles. The van der Waals surface area contributed by atoms with Gasteiger partial charge in [0.15, 0.2) is 0 Å². The van der Waals surface area contributed by atoms with Crippen LogP contribution in [0, 0.1) is 5.92 Å². The first kappa shape index (κ1) is 26.2. The van der Waals surface area contributed by atoms with Gasteiger partial charge in [-0.1, -0.05) is 12.1 Å². The Bertz CT molecular complexity index is 973. The zero-order valence-electron chi connectivity index (χ0n) is 20.3. The quantitative estimate of drug-likeness (QED) is 0.499. The van der Waals surface area contributed by atoms with Crippen molar-refractivity contribution in [3.8, 4) is 5.75 Å². The van der Waals surface area contributed by atoms with E-state index in [1.54, 1.807) is 16.2 Å². The summed E-state index contributed by atoms with van der Waals surface area (Å²) in [5, 5.41) is 3.13. The Balaban J connectivity index is 1.21. The summed E-state index contributed by atoms with van der Waals surface area (Å²) >= 11 is -1.66. The fourth-order valence-electron chi connectivity index (χ4n) is 3.99. The molecule has 1 amide bonds. The van der Waals surface area contributed by atoms with Gasteiger partial charge >= 0.3 is 6.09 Å². The number of thiazole rings is 1. The number of hydrogen-bond acceptors (Lipinski definition) is 9. The van der Waals surface area contributed by atoms with Crippen LogP contribution in [0.2, 0.25) is 0 Å². The average molecular weight is 527 g/mol. The number of carbonyl (C=O) groups is 1. The van der Waals surface area contributed by atoms with E-state index in [1.165, 1.54) is 0 Å². The molecule has 2 fully saturated rings. The summed E-state index contributed by atoms with van der Waals surface area (Å²) in [6.45, 7) is 7.92. The standard InChI is InChI=1S/C24H34N2O7S2/c1-24(2,3)33-23(27)26-10-8-19(9-11-26)22-25-20(16-34-22)15-30-21-6-4-17(5-7-21)12-18-13-31-35(28,29)32-14-18/h4-7,16,18-19,28-29H,8-15H2,1-3H3. The smallest absolute Gasteiger partial charge is 0.410 e. The maximum Gasteiger partial charge on any atom is 0.410 e. The summed E-state index contributed by atoms with van der Waals surface area (Å²) in [4.78, 5) is 18.8. The summed E-state index contributed by atoms with van der Waals surface area (Å²) in [7, 11) is 0. The van der Waals surface area contributed by atoms with Crippen LogP contribution in [0.5, 0.6) is 5.75 Å². The number of hydrogen-bond donors (Lipinski definition) is 2. The third kappa shape index (κ3) is 7.80. The van der Waals surface area contributed by atoms with Gasteiger partial charge in [0.25, 0.3) is 0 Å². The molecular weight excluding hydrogens is 492 g/mol. The summed E-state index contributed by atoms with van der Waals surface area (Å²) in [6, 6.07) is 7.83. The van der Waals surface area contributed by atoms with Crippen LogP contribution in [0.4, 0.5) is 4.79 Å². The Morgan fingerprint density at radius 2 is 1.83 bits per heavy atom. The van der Waals surface area contributed by atoms with Crippen molar-refractivity contribution in [2.75, 3.05) is 26.3 Å². The van der Waals surface area contributed by atoms with Crippen molar-refractivity contribution in [3.63, 3.8) is 0 Å². The van der Waals surface area contributed by atoms with Crippen LogP contribution in [-0.4, -0.2) is 57.0 Å². The van der Waals surface area contributed by atoms with Crippen LogP contribution >= 0.6 is 22.5 Å². The molecule has 2 aliphatic heterocycles. The lowest BCUT2D eigenvalue weighted by Gasteiger charge is -2.33. The van der Waals surface area contributed by atoms with Gasteiger partial charge in [0.2, 0.25) is 11.2 Å². The predicted octanol–water partition coefficient (Wildman–Crippen LogP) is 5.62. The number of amides is 1. The van der Waals surface area contributed by atoms with E-state index in [-0.39, 0.29) is 25.2 Å². The number of benzene rings is 1. The van der Waals surface area contributed by atoms with Gasteiger partial charge in [0, 0.05) is 30.3 Å². The van der Waals surface area contributed by atoms with E-state index in [1.807, 2.05) is 50.4 Å². The Hall–Kier alpha value is -1.89. The minimum atomic E-state index is -3.31. The Morgan fingerprint density at radius 1 is 1.17 bits per heavy atom. The molecule has 0 unspecified atom stereocenters. The first-order valence-electron chi connectivity index (χ1n) is 11.8. The normalized spacial score (nSPS) is 20.4. The van der Waals surface area contributed by atoms with E-state index < -0.39 is 16.8 Å². The van der Waals surface area contributed by atoms with E-state index in [2.05, 4.69) is 0 Å². The third-order valence-electron chi connectivity index (χ3n) is 5.81. The summed E-state index contributed by atoms with van der Waals surface area (Å²) < 4.78 is 40.0. The van der Waals surface area contributed by atoms with Gasteiger partial charge < -0.3 is 14.4 Å². The molecule has 2 N–H and O–H groups in total. The highest BCUT2D eigenvalue weighted by Gasteiger charge is 2.30. The van der Waals surface area contributed by atoms with E-state index in [0.717, 1.165) is 41.3 Å². The lowest BCUT2D eigenvalue weighted by atomic mass is 9.98. The molecule has 4 rings (SSSR count). The summed E-state index contributed by atoms with van der Waals surface area (Å²) in [6.07, 6.45) is 2.24. The number of ether oxygens (including phenoxy) is 2. The first-order chi connectivity index (χ1) is 16.6. The van der Waals surface area contributed by atoms with E-state index in [4.69, 9.17) is 22.8 Å². The predicted molar refractivity (Wildman–Crippen MR) is 135 cm³/mol. The van der Waals surface area contributed by atoms with Crippen LogP contribution in [-0.2, 0) is 26.1 Å². The first-order valence-corrected chi connectivity index (χ1v) is 14.0. The molecule has 35 heavy (non-hydrogen) atoms. The second kappa shape index (κ2) is 11.0. The number of carbonyl (C=O) groups excluding carboxylic acids is 1. The number of aromatic nitrogens is 1. The van der Waals surface area contributed by atoms with Crippen LogP contribution in [0.3, 0.4) is 0 Å². The van der Waals surface area contributed by atoms with E-state index in [0.29, 0.717) is 25.6 Å². The van der Waals surface area contributed by atoms with Crippen molar-refractivity contribution >= 4 is 28.6 Å². The fourth-order valence-corrected chi connectivity index (χ4v) is 5.78. The molecule has 11 heteroatoms. The van der Waals surface area contributed by atoms with Crippen LogP contribution in [0.1, 0.15) is 55.8 Å². The van der Waals surface area contributed by atoms with Gasteiger partial charge in [-0.2, -0.15) is 0 Å². The largest absolute Gasteiger partial charge is 0.487 e. The molecule has 1 aromatic heterocycles.